The van der Waals surface area contributed by atoms with Gasteiger partial charge in [0.15, 0.2) is 6.61 Å². The number of aryl methyl sites for hydroxylation is 1. The fourth-order valence-corrected chi connectivity index (χ4v) is 3.10. The molecule has 0 aliphatic heterocycles. The second-order valence-electron chi connectivity index (χ2n) is 7.12. The minimum atomic E-state index is -0.206. The van der Waals surface area contributed by atoms with Crippen molar-refractivity contribution in [2.75, 3.05) is 5.01 Å². The Labute approximate surface area is 186 Å². The number of hydrazine groups is 1. The molecule has 0 spiro atoms. The third-order valence-corrected chi connectivity index (χ3v) is 4.78. The molecule has 0 aliphatic rings. The Hall–Kier alpha value is -4.13. The van der Waals surface area contributed by atoms with E-state index in [1.54, 1.807) is 24.3 Å². The summed E-state index contributed by atoms with van der Waals surface area (Å²) in [6.45, 7) is 2.69. The molecule has 0 saturated carbocycles. The zero-order valence-electron chi connectivity index (χ0n) is 17.8. The number of anilines is 1. The summed E-state index contributed by atoms with van der Waals surface area (Å²) in [5.74, 6) is 1.48. The van der Waals surface area contributed by atoms with E-state index in [0.717, 1.165) is 11.3 Å². The Morgan fingerprint density at radius 3 is 2.31 bits per heavy atom. The third-order valence-electron chi connectivity index (χ3n) is 4.78. The molecule has 3 aromatic carbocycles. The summed E-state index contributed by atoms with van der Waals surface area (Å²) in [7, 11) is 0. The molecule has 1 amide bonds. The molecule has 4 aromatic rings. The van der Waals surface area contributed by atoms with Crippen LogP contribution in [0.4, 0.5) is 5.69 Å². The van der Waals surface area contributed by atoms with Crippen molar-refractivity contribution >= 4 is 11.6 Å². The first-order chi connectivity index (χ1) is 15.7. The highest BCUT2D eigenvalue weighted by Gasteiger charge is 2.13. The van der Waals surface area contributed by atoms with Crippen LogP contribution in [0.1, 0.15) is 34.6 Å². The van der Waals surface area contributed by atoms with Gasteiger partial charge in [-0.25, -0.2) is 0 Å². The first-order valence-electron chi connectivity index (χ1n) is 10.4. The first kappa shape index (κ1) is 21.1. The van der Waals surface area contributed by atoms with Crippen LogP contribution < -0.4 is 15.2 Å². The van der Waals surface area contributed by atoms with Crippen LogP contribution >= 0.6 is 0 Å². The van der Waals surface area contributed by atoms with Crippen molar-refractivity contribution in [1.82, 2.24) is 15.6 Å². The van der Waals surface area contributed by atoms with Gasteiger partial charge in [-0.05, 0) is 42.0 Å². The van der Waals surface area contributed by atoms with Crippen LogP contribution in [0.5, 0.6) is 5.75 Å². The van der Waals surface area contributed by atoms with Crippen LogP contribution in [-0.4, -0.2) is 16.0 Å². The van der Waals surface area contributed by atoms with Gasteiger partial charge in [0.25, 0.3) is 5.91 Å². The molecule has 4 rings (SSSR count). The molecule has 7 heteroatoms. The van der Waals surface area contributed by atoms with Crippen LogP contribution in [-0.2, 0) is 19.6 Å². The highest BCUT2D eigenvalue weighted by Crippen LogP contribution is 2.17. The topological polar surface area (TPSA) is 80.5 Å². The van der Waals surface area contributed by atoms with E-state index in [4.69, 9.17) is 9.26 Å². The number of nitrogens with one attached hydrogen (secondary N) is 1. The zero-order chi connectivity index (χ0) is 22.2. The number of amides is 1. The number of benzene rings is 3. The number of rotatable bonds is 9. The Kier molecular flexibility index (Phi) is 6.77. The summed E-state index contributed by atoms with van der Waals surface area (Å²) < 4.78 is 10.8. The second kappa shape index (κ2) is 10.3. The van der Waals surface area contributed by atoms with E-state index in [1.165, 1.54) is 0 Å². The van der Waals surface area contributed by atoms with Crippen molar-refractivity contribution < 1.29 is 14.1 Å². The van der Waals surface area contributed by atoms with Gasteiger partial charge in [0.05, 0.1) is 12.2 Å². The predicted octanol–water partition coefficient (Wildman–Crippen LogP) is 4.56. The zero-order valence-corrected chi connectivity index (χ0v) is 17.8. The quantitative estimate of drug-likeness (QED) is 0.394. The number of nitrogens with zero attached hydrogens (tertiary/aromatic N) is 3. The summed E-state index contributed by atoms with van der Waals surface area (Å²) in [6, 6.07) is 26.7. The number of aromatic nitrogens is 2. The van der Waals surface area contributed by atoms with Crippen LogP contribution in [0.2, 0.25) is 0 Å². The molecule has 162 valence electrons. The van der Waals surface area contributed by atoms with Crippen molar-refractivity contribution in [3.8, 4) is 5.75 Å². The van der Waals surface area contributed by atoms with Gasteiger partial charge in [-0.1, -0.05) is 60.6 Å². The second-order valence-corrected chi connectivity index (χ2v) is 7.12. The summed E-state index contributed by atoms with van der Waals surface area (Å²) in [6.07, 6.45) is 0.682. The number of para-hydroxylation sites is 1. The number of hydrogen-bond acceptors (Lipinski definition) is 6. The largest absolute Gasteiger partial charge is 0.485 e. The van der Waals surface area contributed by atoms with Crippen molar-refractivity contribution in [1.29, 1.82) is 0 Å². The average molecular weight is 428 g/mol. The van der Waals surface area contributed by atoms with E-state index in [-0.39, 0.29) is 12.5 Å². The van der Waals surface area contributed by atoms with Crippen LogP contribution in [0.25, 0.3) is 0 Å². The Bertz CT molecular complexity index is 1130. The molecule has 0 saturated heterocycles. The fraction of sp³-hybridized carbons (Fsp3) is 0.160. The standard InChI is InChI=1S/C25H24N4O3/c1-2-24-26-23(28-32-24)18-31-22-15-13-20(14-16-22)25(30)27-29(21-11-7-4-8-12-21)17-19-9-5-3-6-10-19/h3-16H,2,17-18H2,1H3,(H,27,30). The Morgan fingerprint density at radius 1 is 0.969 bits per heavy atom. The Morgan fingerprint density at radius 2 is 1.66 bits per heavy atom. The molecule has 0 bridgehead atoms. The monoisotopic (exact) mass is 428 g/mol. The molecule has 0 fully saturated rings. The average Bonchev–Trinajstić information content (AvgIpc) is 3.32. The molecule has 7 nitrogen and oxygen atoms in total. The molecule has 0 atom stereocenters. The van der Waals surface area contributed by atoms with Crippen LogP contribution in [0.3, 0.4) is 0 Å². The maximum Gasteiger partial charge on any atom is 0.269 e. The smallest absolute Gasteiger partial charge is 0.269 e. The first-order valence-corrected chi connectivity index (χ1v) is 10.4. The molecular weight excluding hydrogens is 404 g/mol. The maximum atomic E-state index is 12.9. The SMILES string of the molecule is CCc1nc(COc2ccc(C(=O)NN(Cc3ccccc3)c3ccccc3)cc2)no1. The van der Waals surface area contributed by atoms with Gasteiger partial charge < -0.3 is 9.26 Å². The number of carbonyl (C=O) groups is 1. The van der Waals surface area contributed by atoms with Crippen LogP contribution in [0, 0.1) is 0 Å². The van der Waals surface area contributed by atoms with Gasteiger partial charge in [0.2, 0.25) is 11.7 Å². The van der Waals surface area contributed by atoms with E-state index in [0.29, 0.717) is 36.0 Å². The van der Waals surface area contributed by atoms with Crippen molar-refractivity contribution in [3.63, 3.8) is 0 Å². The lowest BCUT2D eigenvalue weighted by atomic mass is 10.2. The van der Waals surface area contributed by atoms with Gasteiger partial charge in [-0.3, -0.25) is 15.2 Å². The summed E-state index contributed by atoms with van der Waals surface area (Å²) in [4.78, 5) is 17.1. The lowest BCUT2D eigenvalue weighted by molar-refractivity contribution is 0.0948. The molecule has 32 heavy (non-hydrogen) atoms. The van der Waals surface area contributed by atoms with E-state index in [2.05, 4.69) is 15.6 Å². The third kappa shape index (κ3) is 5.51. The van der Waals surface area contributed by atoms with Gasteiger partial charge >= 0.3 is 0 Å². The number of carbonyl (C=O) groups excluding carboxylic acids is 1. The molecular formula is C25H24N4O3. The fourth-order valence-electron chi connectivity index (χ4n) is 3.10. The molecule has 1 aromatic heterocycles. The number of ether oxygens (including phenoxy) is 1. The van der Waals surface area contributed by atoms with E-state index >= 15 is 0 Å². The molecule has 0 aliphatic carbocycles. The van der Waals surface area contributed by atoms with Crippen molar-refractivity contribution in [3.05, 3.63) is 108 Å². The highest BCUT2D eigenvalue weighted by molar-refractivity contribution is 5.95. The molecule has 1 heterocycles. The molecule has 0 unspecified atom stereocenters. The Balaban J connectivity index is 1.41. The van der Waals surface area contributed by atoms with Gasteiger partial charge in [-0.2, -0.15) is 4.98 Å². The van der Waals surface area contributed by atoms with Crippen LogP contribution in [0.15, 0.2) is 89.5 Å². The van der Waals surface area contributed by atoms with E-state index in [1.807, 2.05) is 72.6 Å². The molecule has 0 radical (unpaired) electrons. The maximum absolute atomic E-state index is 12.9. The minimum absolute atomic E-state index is 0.202. The van der Waals surface area contributed by atoms with Gasteiger partial charge in [-0.15, -0.1) is 0 Å². The normalized spacial score (nSPS) is 10.5. The van der Waals surface area contributed by atoms with Gasteiger partial charge in [0.1, 0.15) is 5.75 Å². The van der Waals surface area contributed by atoms with E-state index in [9.17, 15) is 4.79 Å². The summed E-state index contributed by atoms with van der Waals surface area (Å²) >= 11 is 0. The lowest BCUT2D eigenvalue weighted by Crippen LogP contribution is -2.41. The predicted molar refractivity (Wildman–Crippen MR) is 121 cm³/mol. The van der Waals surface area contributed by atoms with E-state index < -0.39 is 0 Å². The summed E-state index contributed by atoms with van der Waals surface area (Å²) in [5.41, 5.74) is 5.52. The van der Waals surface area contributed by atoms with Crippen molar-refractivity contribution in [2.24, 2.45) is 0 Å². The number of hydrogen-bond donors (Lipinski definition) is 1. The minimum Gasteiger partial charge on any atom is -0.485 e. The van der Waals surface area contributed by atoms with Crippen molar-refractivity contribution in [2.45, 2.75) is 26.5 Å². The van der Waals surface area contributed by atoms with Gasteiger partial charge in [0, 0.05) is 12.0 Å². The lowest BCUT2D eigenvalue weighted by Gasteiger charge is -2.25. The highest BCUT2D eigenvalue weighted by atomic mass is 16.5. The summed E-state index contributed by atoms with van der Waals surface area (Å²) in [5, 5.41) is 5.70. The molecule has 1 N–H and O–H groups in total.